The highest BCUT2D eigenvalue weighted by Gasteiger charge is 1.98. The molecule has 0 rings (SSSR count). The molecule has 7 heteroatoms. The average Bonchev–Trinajstić information content (AvgIpc) is 1.99. The predicted molar refractivity (Wildman–Crippen MR) is 48.7 cm³/mol. The highest BCUT2D eigenvalue weighted by molar-refractivity contribution is 14.1. The van der Waals surface area contributed by atoms with Gasteiger partial charge in [-0.2, -0.15) is 0 Å². The molecule has 0 heterocycles. The maximum atomic E-state index is 5.09. The number of amidine groups is 1. The molecule has 0 aliphatic rings. The van der Waals surface area contributed by atoms with E-state index in [0.717, 1.165) is 0 Å². The van der Waals surface area contributed by atoms with Gasteiger partial charge in [-0.15, -0.1) is 0 Å². The lowest BCUT2D eigenvalue weighted by Gasteiger charge is -2.08. The van der Waals surface area contributed by atoms with Gasteiger partial charge in [0.15, 0.2) is 6.29 Å². The van der Waals surface area contributed by atoms with E-state index in [4.69, 9.17) is 11.7 Å². The van der Waals surface area contributed by atoms with Crippen molar-refractivity contribution in [1.82, 2.24) is 14.4 Å². The molecule has 0 aromatic rings. The first-order chi connectivity index (χ1) is 4.74. The lowest BCUT2D eigenvalue weighted by atomic mass is 10.7. The number of rotatable bonds is 3. The fourth-order valence-corrected chi connectivity index (χ4v) is 0.643. The monoisotopic (exact) mass is 258 g/mol. The zero-order valence-electron chi connectivity index (χ0n) is 5.56. The van der Waals surface area contributed by atoms with Crippen LogP contribution in [-0.2, 0) is 0 Å². The molecule has 0 aliphatic heterocycles. The minimum Gasteiger partial charge on any atom is -0.312 e. The summed E-state index contributed by atoms with van der Waals surface area (Å²) in [6.45, 7) is 1.73. The van der Waals surface area contributed by atoms with Gasteiger partial charge in [-0.05, 0) is 6.92 Å². The summed E-state index contributed by atoms with van der Waals surface area (Å²) in [5.74, 6) is 10.7. The summed E-state index contributed by atoms with van der Waals surface area (Å²) in [6.07, 6.45) is -0.309. The molecule has 0 aliphatic carbocycles. The summed E-state index contributed by atoms with van der Waals surface area (Å²) in [7, 11) is 0. The van der Waals surface area contributed by atoms with E-state index in [2.05, 4.69) is 19.4 Å². The minimum absolute atomic E-state index is 0.309. The van der Waals surface area contributed by atoms with Crippen molar-refractivity contribution in [2.75, 3.05) is 0 Å². The Labute approximate surface area is 73.3 Å². The molecule has 10 heavy (non-hydrogen) atoms. The van der Waals surface area contributed by atoms with Crippen molar-refractivity contribution in [2.45, 2.75) is 13.2 Å². The smallest absolute Gasteiger partial charge is 0.175 e. The third-order valence-electron chi connectivity index (χ3n) is 0.793. The van der Waals surface area contributed by atoms with Crippen LogP contribution in [0, 0.1) is 0 Å². The first kappa shape index (κ1) is 10.0. The Morgan fingerprint density at radius 3 is 2.50 bits per heavy atom. The second kappa shape index (κ2) is 5.80. The van der Waals surface area contributed by atoms with Crippen LogP contribution >= 0.6 is 22.9 Å². The number of aliphatic imine (C=N–C) groups is 1. The van der Waals surface area contributed by atoms with Crippen LogP contribution in [0.1, 0.15) is 6.92 Å². The molecular formula is C3H11IN6. The normalized spacial score (nSPS) is 15.0. The van der Waals surface area contributed by atoms with Gasteiger partial charge in [-0.1, -0.05) is 0 Å². The largest absolute Gasteiger partial charge is 0.312 e. The molecule has 0 radical (unpaired) electrons. The van der Waals surface area contributed by atoms with E-state index in [1.807, 2.05) is 22.9 Å². The highest BCUT2D eigenvalue weighted by Crippen LogP contribution is 1.82. The molecule has 0 aromatic carbocycles. The van der Waals surface area contributed by atoms with Crippen molar-refractivity contribution in [2.24, 2.45) is 16.7 Å². The van der Waals surface area contributed by atoms with Crippen LogP contribution in [-0.4, -0.2) is 12.1 Å². The number of nitrogens with two attached hydrogens (primary N) is 2. The van der Waals surface area contributed by atoms with E-state index in [1.165, 1.54) is 0 Å². The van der Waals surface area contributed by atoms with Crippen molar-refractivity contribution < 1.29 is 0 Å². The maximum absolute atomic E-state index is 5.09. The van der Waals surface area contributed by atoms with Gasteiger partial charge >= 0.3 is 0 Å². The third-order valence-corrected chi connectivity index (χ3v) is 1.38. The van der Waals surface area contributed by atoms with E-state index < -0.39 is 0 Å². The molecule has 0 bridgehead atoms. The first-order valence-corrected chi connectivity index (χ1v) is 3.65. The summed E-state index contributed by atoms with van der Waals surface area (Å²) >= 11 is 1.93. The van der Waals surface area contributed by atoms with Gasteiger partial charge < -0.3 is 5.43 Å². The number of halogens is 1. The Balaban J connectivity index is 3.80. The van der Waals surface area contributed by atoms with Gasteiger partial charge in [-0.25, -0.2) is 19.8 Å². The van der Waals surface area contributed by atoms with Crippen molar-refractivity contribution in [3.8, 4) is 0 Å². The summed E-state index contributed by atoms with van der Waals surface area (Å²) in [5.41, 5.74) is 4.79. The predicted octanol–water partition coefficient (Wildman–Crippen LogP) is -1.45. The van der Waals surface area contributed by atoms with Crippen molar-refractivity contribution in [3.63, 3.8) is 0 Å². The molecule has 0 amide bonds. The number of hydrogen-bond acceptors (Lipinski definition) is 5. The quantitative estimate of drug-likeness (QED) is 0.0811. The molecule has 0 saturated heterocycles. The Kier molecular flexibility index (Phi) is 5.82. The molecule has 60 valence electrons. The fraction of sp³-hybridized carbons (Fsp3) is 0.667. The van der Waals surface area contributed by atoms with Gasteiger partial charge in [0.05, 0.1) is 0 Å². The molecule has 0 saturated carbocycles. The lowest BCUT2D eigenvalue weighted by molar-refractivity contribution is 0.547. The van der Waals surface area contributed by atoms with Crippen molar-refractivity contribution in [3.05, 3.63) is 0 Å². The number of nitrogens with zero attached hydrogens (tertiary/aromatic N) is 1. The van der Waals surface area contributed by atoms with Crippen LogP contribution < -0.4 is 26.1 Å². The van der Waals surface area contributed by atoms with E-state index in [1.54, 1.807) is 6.92 Å². The Morgan fingerprint density at radius 1 is 1.60 bits per heavy atom. The number of hydrazine groups is 2. The summed E-state index contributed by atoms with van der Waals surface area (Å²) in [5, 5.41) is 0. The van der Waals surface area contributed by atoms with Gasteiger partial charge in [-0.3, -0.25) is 5.84 Å². The van der Waals surface area contributed by atoms with Crippen LogP contribution in [0.4, 0.5) is 0 Å². The van der Waals surface area contributed by atoms with Crippen LogP contribution in [0.3, 0.4) is 0 Å². The first-order valence-electron chi connectivity index (χ1n) is 2.58. The molecule has 1 unspecified atom stereocenters. The second-order valence-corrected chi connectivity index (χ2v) is 2.16. The summed E-state index contributed by atoms with van der Waals surface area (Å²) in [6, 6.07) is 0. The van der Waals surface area contributed by atoms with Crippen LogP contribution in [0.15, 0.2) is 4.99 Å². The number of nitrogens with one attached hydrogen (secondary N) is 3. The van der Waals surface area contributed by atoms with Gasteiger partial charge in [0.2, 0.25) is 0 Å². The van der Waals surface area contributed by atoms with Crippen molar-refractivity contribution in [1.29, 1.82) is 0 Å². The zero-order chi connectivity index (χ0) is 7.98. The topological polar surface area (TPSA) is 100 Å². The maximum Gasteiger partial charge on any atom is 0.175 e. The van der Waals surface area contributed by atoms with Gasteiger partial charge in [0.25, 0.3) is 0 Å². The molecule has 0 spiro atoms. The van der Waals surface area contributed by atoms with Crippen LogP contribution in [0.5, 0.6) is 0 Å². The second-order valence-electron chi connectivity index (χ2n) is 1.54. The van der Waals surface area contributed by atoms with E-state index in [9.17, 15) is 0 Å². The Hall–Kier alpha value is 0.0400. The minimum atomic E-state index is -0.309. The van der Waals surface area contributed by atoms with Gasteiger partial charge in [0.1, 0.15) is 5.84 Å². The Morgan fingerprint density at radius 2 is 2.20 bits per heavy atom. The standard InChI is InChI=1S/C3H11IN6/c1-2(9-5)7-3(8-4)10-6/h3,8,10H,5-6H2,1H3,(H,7,9). The van der Waals surface area contributed by atoms with E-state index in [0.29, 0.717) is 5.84 Å². The van der Waals surface area contributed by atoms with Crippen LogP contribution in [0.2, 0.25) is 0 Å². The molecule has 7 N–H and O–H groups in total. The average molecular weight is 258 g/mol. The SMILES string of the molecule is CC(=NC(NN)NI)NN. The van der Waals surface area contributed by atoms with E-state index in [-0.39, 0.29) is 6.29 Å². The summed E-state index contributed by atoms with van der Waals surface area (Å²) in [4.78, 5) is 3.96. The number of hydrogen-bond donors (Lipinski definition) is 5. The zero-order valence-corrected chi connectivity index (χ0v) is 7.71. The lowest BCUT2D eigenvalue weighted by Crippen LogP contribution is -2.42. The fourth-order valence-electron chi connectivity index (χ4n) is 0.324. The van der Waals surface area contributed by atoms with E-state index >= 15 is 0 Å². The molecule has 6 nitrogen and oxygen atoms in total. The summed E-state index contributed by atoms with van der Waals surface area (Å²) < 4.78 is 2.77. The molecule has 0 fully saturated rings. The molecular weight excluding hydrogens is 247 g/mol. The molecule has 1 atom stereocenters. The van der Waals surface area contributed by atoms with Crippen molar-refractivity contribution >= 4 is 28.7 Å². The van der Waals surface area contributed by atoms with Crippen LogP contribution in [0.25, 0.3) is 0 Å². The Bertz CT molecular complexity index is 110. The highest BCUT2D eigenvalue weighted by atomic mass is 127. The molecule has 0 aromatic heterocycles. The third kappa shape index (κ3) is 3.95. The van der Waals surface area contributed by atoms with Gasteiger partial charge in [0, 0.05) is 22.9 Å².